The maximum atomic E-state index is 14.0. The summed E-state index contributed by atoms with van der Waals surface area (Å²) in [6.45, 7) is 4.88. The Morgan fingerprint density at radius 3 is 2.74 bits per heavy atom. The molecule has 1 aliphatic rings. The number of carbonyl (C=O) groups is 3. The lowest BCUT2D eigenvalue weighted by atomic mass is 9.78. The lowest BCUT2D eigenvalue weighted by molar-refractivity contribution is -0.144. The number of hydrogen-bond acceptors (Lipinski definition) is 4. The monoisotopic (exact) mass is 321 g/mol. The van der Waals surface area contributed by atoms with Crippen LogP contribution in [0.3, 0.4) is 0 Å². The Balaban J connectivity index is 2.40. The van der Waals surface area contributed by atoms with Crippen LogP contribution in [-0.2, 0) is 20.7 Å². The van der Waals surface area contributed by atoms with Gasteiger partial charge in [-0.1, -0.05) is 0 Å². The van der Waals surface area contributed by atoms with Crippen molar-refractivity contribution in [3.63, 3.8) is 0 Å². The standard InChI is InChI=1S/C17H20FNO4/c1-4-23-15(21)7-11-5-6-12-9(2)13(18)8-14(19-10(3)20)16(12)17(11)22/h8,11H,4-7H2,1-3H3,(H,19,20). The summed E-state index contributed by atoms with van der Waals surface area (Å²) in [5.74, 6) is -2.00. The quantitative estimate of drug-likeness (QED) is 0.866. The number of rotatable bonds is 4. The third-order valence-corrected chi connectivity index (χ3v) is 4.04. The van der Waals surface area contributed by atoms with Crippen molar-refractivity contribution in [2.45, 2.75) is 40.0 Å². The zero-order valence-electron chi connectivity index (χ0n) is 13.5. The highest BCUT2D eigenvalue weighted by Gasteiger charge is 2.33. The van der Waals surface area contributed by atoms with E-state index < -0.39 is 17.7 Å². The van der Waals surface area contributed by atoms with Crippen molar-refractivity contribution in [2.75, 3.05) is 11.9 Å². The van der Waals surface area contributed by atoms with Crippen LogP contribution in [0, 0.1) is 18.7 Å². The van der Waals surface area contributed by atoms with E-state index in [1.54, 1.807) is 13.8 Å². The molecule has 0 fully saturated rings. The van der Waals surface area contributed by atoms with E-state index in [-0.39, 0.29) is 30.4 Å². The van der Waals surface area contributed by atoms with Crippen LogP contribution < -0.4 is 5.32 Å². The number of benzene rings is 1. The fourth-order valence-electron chi connectivity index (χ4n) is 2.95. The first-order valence-corrected chi connectivity index (χ1v) is 7.64. The van der Waals surface area contributed by atoms with Gasteiger partial charge in [0.1, 0.15) is 5.82 Å². The minimum Gasteiger partial charge on any atom is -0.466 e. The van der Waals surface area contributed by atoms with Crippen LogP contribution in [-0.4, -0.2) is 24.3 Å². The topological polar surface area (TPSA) is 72.5 Å². The second-order valence-electron chi connectivity index (χ2n) is 5.67. The molecule has 6 heteroatoms. The molecular weight excluding hydrogens is 301 g/mol. The molecule has 0 aliphatic heterocycles. The number of hydrogen-bond donors (Lipinski definition) is 1. The second kappa shape index (κ2) is 6.89. The number of carbonyl (C=O) groups excluding carboxylic acids is 3. The normalized spacial score (nSPS) is 16.7. The number of ether oxygens (including phenoxy) is 1. The van der Waals surface area contributed by atoms with E-state index in [1.165, 1.54) is 13.0 Å². The molecule has 2 rings (SSSR count). The van der Waals surface area contributed by atoms with Gasteiger partial charge in [-0.15, -0.1) is 0 Å². The summed E-state index contributed by atoms with van der Waals surface area (Å²) in [6, 6.07) is 1.17. The first kappa shape index (κ1) is 17.1. The van der Waals surface area contributed by atoms with E-state index in [1.807, 2.05) is 0 Å². The van der Waals surface area contributed by atoms with E-state index in [0.29, 0.717) is 29.5 Å². The predicted molar refractivity (Wildman–Crippen MR) is 82.8 cm³/mol. The van der Waals surface area contributed by atoms with Gasteiger partial charge in [0.05, 0.1) is 18.7 Å². The Hall–Kier alpha value is -2.24. The number of fused-ring (bicyclic) bond motifs is 1. The molecule has 1 N–H and O–H groups in total. The Bertz CT molecular complexity index is 669. The highest BCUT2D eigenvalue weighted by molar-refractivity contribution is 6.08. The van der Waals surface area contributed by atoms with E-state index in [2.05, 4.69) is 5.32 Å². The van der Waals surface area contributed by atoms with Gasteiger partial charge in [-0.25, -0.2) is 4.39 Å². The number of Topliss-reactive ketones (excluding diaryl/α,β-unsaturated/α-hetero) is 1. The molecule has 124 valence electrons. The number of anilines is 1. The first-order valence-electron chi connectivity index (χ1n) is 7.64. The Kier molecular flexibility index (Phi) is 5.13. The molecule has 0 spiro atoms. The maximum absolute atomic E-state index is 14.0. The number of ketones is 1. The third kappa shape index (κ3) is 3.57. The molecule has 1 amide bonds. The smallest absolute Gasteiger partial charge is 0.306 e. The van der Waals surface area contributed by atoms with Crippen LogP contribution in [0.1, 0.15) is 48.2 Å². The summed E-state index contributed by atoms with van der Waals surface area (Å²) in [5.41, 5.74) is 1.52. The molecule has 23 heavy (non-hydrogen) atoms. The van der Waals surface area contributed by atoms with Crippen LogP contribution in [0.4, 0.5) is 10.1 Å². The minimum atomic E-state index is -0.501. The molecule has 1 aromatic rings. The van der Waals surface area contributed by atoms with Crippen LogP contribution in [0.2, 0.25) is 0 Å². The Morgan fingerprint density at radius 1 is 1.43 bits per heavy atom. The highest BCUT2D eigenvalue weighted by Crippen LogP contribution is 2.36. The van der Waals surface area contributed by atoms with E-state index in [9.17, 15) is 18.8 Å². The molecule has 0 heterocycles. The summed E-state index contributed by atoms with van der Waals surface area (Å²) in [5, 5.41) is 2.51. The van der Waals surface area contributed by atoms with Gasteiger partial charge in [0, 0.05) is 18.4 Å². The molecular formula is C17H20FNO4. The van der Waals surface area contributed by atoms with Gasteiger partial charge in [-0.3, -0.25) is 14.4 Å². The number of halogens is 1. The van der Waals surface area contributed by atoms with Crippen LogP contribution in [0.5, 0.6) is 0 Å². The van der Waals surface area contributed by atoms with Crippen molar-refractivity contribution in [3.8, 4) is 0 Å². The zero-order chi connectivity index (χ0) is 17.1. The van der Waals surface area contributed by atoms with Gasteiger partial charge in [0.15, 0.2) is 5.78 Å². The molecule has 0 saturated heterocycles. The first-order chi connectivity index (χ1) is 10.8. The SMILES string of the molecule is CCOC(=O)CC1CCc2c(C)c(F)cc(NC(C)=O)c2C1=O. The lowest BCUT2D eigenvalue weighted by Gasteiger charge is -2.26. The van der Waals surface area contributed by atoms with Crippen LogP contribution in [0.15, 0.2) is 6.07 Å². The van der Waals surface area contributed by atoms with Gasteiger partial charge in [0.25, 0.3) is 0 Å². The molecule has 0 saturated carbocycles. The largest absolute Gasteiger partial charge is 0.466 e. The van der Waals surface area contributed by atoms with Crippen molar-refractivity contribution in [2.24, 2.45) is 5.92 Å². The predicted octanol–water partition coefficient (Wildman–Crippen LogP) is 2.79. The maximum Gasteiger partial charge on any atom is 0.306 e. The average molecular weight is 321 g/mol. The van der Waals surface area contributed by atoms with Gasteiger partial charge in [0.2, 0.25) is 5.91 Å². The summed E-state index contributed by atoms with van der Waals surface area (Å²) in [6.07, 6.45) is 0.956. The second-order valence-corrected chi connectivity index (χ2v) is 5.67. The van der Waals surface area contributed by atoms with Gasteiger partial charge in [-0.05, 0) is 43.9 Å². The van der Waals surface area contributed by atoms with Crippen LogP contribution >= 0.6 is 0 Å². The molecule has 5 nitrogen and oxygen atoms in total. The molecule has 1 unspecified atom stereocenters. The minimum absolute atomic E-state index is 0.00203. The molecule has 0 bridgehead atoms. The van der Waals surface area contributed by atoms with Gasteiger partial charge >= 0.3 is 5.97 Å². The summed E-state index contributed by atoms with van der Waals surface area (Å²) in [7, 11) is 0. The number of esters is 1. The van der Waals surface area contributed by atoms with Crippen molar-refractivity contribution < 1.29 is 23.5 Å². The van der Waals surface area contributed by atoms with Gasteiger partial charge in [-0.2, -0.15) is 0 Å². The van der Waals surface area contributed by atoms with E-state index >= 15 is 0 Å². The summed E-state index contributed by atoms with van der Waals surface area (Å²) < 4.78 is 18.9. The van der Waals surface area contributed by atoms with Crippen molar-refractivity contribution in [3.05, 3.63) is 28.6 Å². The van der Waals surface area contributed by atoms with Gasteiger partial charge < -0.3 is 10.1 Å². The zero-order valence-corrected chi connectivity index (χ0v) is 13.5. The van der Waals surface area contributed by atoms with Crippen molar-refractivity contribution >= 4 is 23.3 Å². The Morgan fingerprint density at radius 2 is 2.13 bits per heavy atom. The van der Waals surface area contributed by atoms with E-state index in [4.69, 9.17) is 4.74 Å². The number of nitrogens with one attached hydrogen (secondary N) is 1. The Labute approximate surface area is 134 Å². The molecule has 1 aromatic carbocycles. The fraction of sp³-hybridized carbons (Fsp3) is 0.471. The average Bonchev–Trinajstić information content (AvgIpc) is 2.46. The fourth-order valence-corrected chi connectivity index (χ4v) is 2.95. The molecule has 1 aliphatic carbocycles. The molecule has 1 atom stereocenters. The third-order valence-electron chi connectivity index (χ3n) is 4.04. The molecule has 0 radical (unpaired) electrons. The van der Waals surface area contributed by atoms with Crippen molar-refractivity contribution in [1.29, 1.82) is 0 Å². The summed E-state index contributed by atoms with van der Waals surface area (Å²) >= 11 is 0. The van der Waals surface area contributed by atoms with E-state index in [0.717, 1.165) is 0 Å². The highest BCUT2D eigenvalue weighted by atomic mass is 19.1. The van der Waals surface area contributed by atoms with Crippen molar-refractivity contribution in [1.82, 2.24) is 0 Å². The lowest BCUT2D eigenvalue weighted by Crippen LogP contribution is -2.28. The number of amides is 1. The van der Waals surface area contributed by atoms with Crippen LogP contribution in [0.25, 0.3) is 0 Å². The molecule has 0 aromatic heterocycles. The summed E-state index contributed by atoms with van der Waals surface area (Å²) in [4.78, 5) is 35.7.